The quantitative estimate of drug-likeness (QED) is 0.265. The molecule has 0 saturated carbocycles. The van der Waals surface area contributed by atoms with Crippen LogP contribution in [0, 0.1) is 0 Å². The van der Waals surface area contributed by atoms with Gasteiger partial charge in [-0.2, -0.15) is 0 Å². The van der Waals surface area contributed by atoms with Crippen molar-refractivity contribution >= 4 is 34.8 Å². The monoisotopic (exact) mass is 486 g/mol. The Morgan fingerprint density at radius 3 is 1.73 bits per heavy atom. The van der Waals surface area contributed by atoms with Gasteiger partial charge in [0.1, 0.15) is 0 Å². The second-order valence-electron chi connectivity index (χ2n) is 6.46. The number of fused-ring (bicyclic) bond motifs is 1. The van der Waals surface area contributed by atoms with Crippen LogP contribution in [0.15, 0.2) is 77.2 Å². The first-order chi connectivity index (χ1) is 14.1. The molecule has 0 N–H and O–H groups in total. The Hall–Kier alpha value is -2.70. The zero-order valence-electron chi connectivity index (χ0n) is 15.0. The van der Waals surface area contributed by atoms with E-state index in [1.807, 2.05) is 6.07 Å². The van der Waals surface area contributed by atoms with Crippen LogP contribution in [0.3, 0.4) is 0 Å². The van der Waals surface area contributed by atoms with Gasteiger partial charge in [0.05, 0.1) is 0 Å². The summed E-state index contributed by atoms with van der Waals surface area (Å²) in [6.07, 6.45) is -8.86. The molecular weight excluding hydrogens is 473 g/mol. The van der Waals surface area contributed by atoms with Crippen molar-refractivity contribution in [1.82, 2.24) is 0 Å². The van der Waals surface area contributed by atoms with Crippen LogP contribution < -0.4 is 8.92 Å². The molecule has 0 amide bonds. The minimum atomic E-state index is -4.45. The van der Waals surface area contributed by atoms with Crippen molar-refractivity contribution in [3.63, 3.8) is 0 Å². The molecule has 4 aromatic rings. The standard InChI is InChI=1S/C22H12F6OSe/c23-21(24,25)14-7-5-13(6-8-14)19-20(17-3-1-2-4-18(17)29-19)30-16-11-9-15(10-12-16)22(26,27)28/h1-12H. The van der Waals surface area contributed by atoms with Gasteiger partial charge >= 0.3 is 173 Å². The van der Waals surface area contributed by atoms with Crippen molar-refractivity contribution in [1.29, 1.82) is 0 Å². The van der Waals surface area contributed by atoms with Gasteiger partial charge in [0.2, 0.25) is 0 Å². The fourth-order valence-electron chi connectivity index (χ4n) is 2.95. The number of para-hydroxylation sites is 1. The summed E-state index contributed by atoms with van der Waals surface area (Å²) in [6.45, 7) is 0. The van der Waals surface area contributed by atoms with Crippen molar-refractivity contribution < 1.29 is 30.8 Å². The molecule has 0 spiro atoms. The van der Waals surface area contributed by atoms with Crippen molar-refractivity contribution in [3.05, 3.63) is 83.9 Å². The Bertz CT molecular complexity index is 1170. The summed E-state index contributed by atoms with van der Waals surface area (Å²) in [5.41, 5.74) is -0.460. The number of hydrogen-bond donors (Lipinski definition) is 0. The van der Waals surface area contributed by atoms with Crippen LogP contribution in [0.4, 0.5) is 26.3 Å². The van der Waals surface area contributed by atoms with Crippen LogP contribution in [0.2, 0.25) is 0 Å². The summed E-state index contributed by atoms with van der Waals surface area (Å²) < 4.78 is 84.4. The van der Waals surface area contributed by atoms with Gasteiger partial charge in [0.15, 0.2) is 0 Å². The zero-order chi connectivity index (χ0) is 21.5. The summed E-state index contributed by atoms with van der Waals surface area (Å²) >= 11 is -0.422. The number of hydrogen-bond acceptors (Lipinski definition) is 1. The molecule has 0 aliphatic carbocycles. The average Bonchev–Trinajstić information content (AvgIpc) is 3.06. The summed E-state index contributed by atoms with van der Waals surface area (Å²) in [4.78, 5) is 0. The predicted molar refractivity (Wildman–Crippen MR) is 103 cm³/mol. The first-order valence-corrected chi connectivity index (χ1v) is 10.4. The third-order valence-electron chi connectivity index (χ3n) is 4.43. The van der Waals surface area contributed by atoms with Gasteiger partial charge in [-0.15, -0.1) is 0 Å². The van der Waals surface area contributed by atoms with E-state index < -0.39 is 38.4 Å². The molecule has 0 atom stereocenters. The van der Waals surface area contributed by atoms with E-state index in [4.69, 9.17) is 4.42 Å². The molecule has 4 rings (SSSR count). The zero-order valence-corrected chi connectivity index (χ0v) is 16.7. The van der Waals surface area contributed by atoms with Gasteiger partial charge in [0, 0.05) is 0 Å². The van der Waals surface area contributed by atoms with Crippen LogP contribution >= 0.6 is 0 Å². The Morgan fingerprint density at radius 2 is 1.17 bits per heavy atom. The summed E-state index contributed by atoms with van der Waals surface area (Å²) in [5, 5.41) is 0.785. The second kappa shape index (κ2) is 7.52. The van der Waals surface area contributed by atoms with Gasteiger partial charge in [-0.3, -0.25) is 0 Å². The van der Waals surface area contributed by atoms with E-state index in [0.717, 1.165) is 34.1 Å². The van der Waals surface area contributed by atoms with Crippen LogP contribution in [-0.2, 0) is 12.4 Å². The van der Waals surface area contributed by atoms with Crippen molar-refractivity contribution in [2.45, 2.75) is 12.4 Å². The molecule has 1 aromatic heterocycles. The van der Waals surface area contributed by atoms with E-state index in [9.17, 15) is 26.3 Å². The Kier molecular flexibility index (Phi) is 5.16. The molecule has 1 nitrogen and oxygen atoms in total. The van der Waals surface area contributed by atoms with Crippen LogP contribution in [0.5, 0.6) is 0 Å². The van der Waals surface area contributed by atoms with E-state index in [1.165, 1.54) is 24.3 Å². The second-order valence-corrected chi connectivity index (χ2v) is 8.73. The molecule has 0 fully saturated rings. The SMILES string of the molecule is FC(F)(F)c1ccc([Se]c2c(-c3ccc(C(F)(F)F)cc3)oc3ccccc23)cc1. The van der Waals surface area contributed by atoms with Crippen molar-refractivity contribution in [2.75, 3.05) is 0 Å². The Balaban J connectivity index is 1.76. The van der Waals surface area contributed by atoms with E-state index in [-0.39, 0.29) is 0 Å². The van der Waals surface area contributed by atoms with Gasteiger partial charge < -0.3 is 0 Å². The molecule has 0 bridgehead atoms. The number of benzene rings is 3. The summed E-state index contributed by atoms with van der Waals surface area (Å²) in [6, 6.07) is 16.7. The molecule has 30 heavy (non-hydrogen) atoms. The molecule has 3 aromatic carbocycles. The van der Waals surface area contributed by atoms with Crippen molar-refractivity contribution in [2.24, 2.45) is 0 Å². The normalized spacial score (nSPS) is 12.5. The van der Waals surface area contributed by atoms with Crippen molar-refractivity contribution in [3.8, 4) is 11.3 Å². The summed E-state index contributed by atoms with van der Waals surface area (Å²) in [7, 11) is 0. The molecule has 0 saturated heterocycles. The molecule has 0 aliphatic rings. The molecule has 0 unspecified atom stereocenters. The van der Waals surface area contributed by atoms with Gasteiger partial charge in [-0.1, -0.05) is 0 Å². The Morgan fingerprint density at radius 1 is 0.633 bits per heavy atom. The fourth-order valence-corrected chi connectivity index (χ4v) is 5.13. The topological polar surface area (TPSA) is 13.1 Å². The maximum atomic E-state index is 12.9. The van der Waals surface area contributed by atoms with Gasteiger partial charge in [-0.25, -0.2) is 0 Å². The maximum absolute atomic E-state index is 12.9. The Labute approximate surface area is 173 Å². The number of halogens is 6. The molecule has 8 heteroatoms. The molecule has 1 heterocycles. The van der Waals surface area contributed by atoms with E-state index in [1.54, 1.807) is 18.2 Å². The van der Waals surface area contributed by atoms with Crippen LogP contribution in [0.25, 0.3) is 22.3 Å². The average molecular weight is 485 g/mol. The molecule has 0 aliphatic heterocycles. The number of rotatable bonds is 3. The van der Waals surface area contributed by atoms with E-state index in [0.29, 0.717) is 21.4 Å². The number of furan rings is 1. The molecule has 154 valence electrons. The van der Waals surface area contributed by atoms with Gasteiger partial charge in [-0.05, 0) is 0 Å². The predicted octanol–water partition coefficient (Wildman–Crippen LogP) is 5.79. The molecule has 0 radical (unpaired) electrons. The summed E-state index contributed by atoms with van der Waals surface area (Å²) in [5.74, 6) is 0.421. The number of alkyl halides is 6. The molecular formula is C22H12F6OSe. The van der Waals surface area contributed by atoms with Crippen LogP contribution in [0.1, 0.15) is 11.1 Å². The minimum absolute atomic E-state index is 0.421. The first kappa shape index (κ1) is 20.6. The van der Waals surface area contributed by atoms with E-state index in [2.05, 4.69) is 0 Å². The third kappa shape index (κ3) is 4.11. The van der Waals surface area contributed by atoms with Crippen LogP contribution in [-0.4, -0.2) is 15.0 Å². The van der Waals surface area contributed by atoms with Gasteiger partial charge in [0.25, 0.3) is 0 Å². The van der Waals surface area contributed by atoms with E-state index >= 15 is 0 Å². The fraction of sp³-hybridized carbons (Fsp3) is 0.0909. The first-order valence-electron chi connectivity index (χ1n) is 8.67. The third-order valence-corrected chi connectivity index (χ3v) is 6.77.